The van der Waals surface area contributed by atoms with Gasteiger partial charge in [-0.2, -0.15) is 0 Å². The summed E-state index contributed by atoms with van der Waals surface area (Å²) in [5.41, 5.74) is 1.61. The largest absolute Gasteiger partial charge is 0.422 e. The Morgan fingerprint density at radius 1 is 0.923 bits per heavy atom. The van der Waals surface area contributed by atoms with Gasteiger partial charge in [0.2, 0.25) is 0 Å². The van der Waals surface area contributed by atoms with Crippen LogP contribution in [0.2, 0.25) is 5.02 Å². The second kappa shape index (κ2) is 8.23. The third-order valence-electron chi connectivity index (χ3n) is 3.52. The van der Waals surface area contributed by atoms with Crippen molar-refractivity contribution in [2.24, 2.45) is 0 Å². The van der Waals surface area contributed by atoms with E-state index >= 15 is 0 Å². The van der Waals surface area contributed by atoms with E-state index < -0.39 is 5.97 Å². The molecule has 26 heavy (non-hydrogen) atoms. The van der Waals surface area contributed by atoms with E-state index in [1.165, 1.54) is 12.3 Å². The monoisotopic (exact) mass is 363 g/mol. The number of hydrogen-bond donors (Lipinski definition) is 0. The first-order valence-electron chi connectivity index (χ1n) is 7.83. The number of halogens is 1. The van der Waals surface area contributed by atoms with Crippen LogP contribution in [0.15, 0.2) is 79.0 Å². The molecule has 2 aromatic carbocycles. The van der Waals surface area contributed by atoms with Crippen molar-refractivity contribution in [3.05, 3.63) is 101 Å². The number of carbonyl (C=O) groups is 2. The Morgan fingerprint density at radius 3 is 2.31 bits per heavy atom. The van der Waals surface area contributed by atoms with E-state index in [9.17, 15) is 9.59 Å². The van der Waals surface area contributed by atoms with Crippen LogP contribution in [-0.4, -0.2) is 16.7 Å². The lowest BCUT2D eigenvalue weighted by Gasteiger charge is -2.03. The number of ether oxygens (including phenoxy) is 1. The molecule has 3 aromatic rings. The Balaban J connectivity index is 1.63. The second-order valence-corrected chi connectivity index (χ2v) is 5.81. The highest BCUT2D eigenvalue weighted by atomic mass is 35.5. The van der Waals surface area contributed by atoms with Crippen LogP contribution in [0.1, 0.15) is 26.4 Å². The molecule has 0 fully saturated rings. The molecule has 1 heterocycles. The van der Waals surface area contributed by atoms with Gasteiger partial charge in [-0.3, -0.25) is 4.79 Å². The number of allylic oxidation sites excluding steroid dienone is 1. The highest BCUT2D eigenvalue weighted by Gasteiger charge is 2.09. The fourth-order valence-electron chi connectivity index (χ4n) is 2.17. The number of ketones is 1. The maximum absolute atomic E-state index is 12.1. The van der Waals surface area contributed by atoms with E-state index in [1.807, 2.05) is 0 Å². The zero-order chi connectivity index (χ0) is 18.4. The average Bonchev–Trinajstić information content (AvgIpc) is 2.68. The molecule has 0 bridgehead atoms. The standard InChI is InChI=1S/C21H14ClNO3/c22-17-9-7-16(8-10-17)20(24)13-6-15-4-11-18(12-5-15)26-21(25)19-3-1-2-14-23-19/h1-14H. The Labute approximate surface area is 155 Å². The Morgan fingerprint density at radius 2 is 1.65 bits per heavy atom. The van der Waals surface area contributed by atoms with Crippen LogP contribution in [0, 0.1) is 0 Å². The zero-order valence-electron chi connectivity index (χ0n) is 13.6. The molecular formula is C21H14ClNO3. The number of esters is 1. The molecule has 0 saturated carbocycles. The van der Waals surface area contributed by atoms with Crippen LogP contribution < -0.4 is 4.74 Å². The minimum absolute atomic E-state index is 0.118. The van der Waals surface area contributed by atoms with Gasteiger partial charge in [-0.1, -0.05) is 35.9 Å². The van der Waals surface area contributed by atoms with Gasteiger partial charge >= 0.3 is 5.97 Å². The van der Waals surface area contributed by atoms with E-state index in [2.05, 4.69) is 4.98 Å². The summed E-state index contributed by atoms with van der Waals surface area (Å²) in [6.07, 6.45) is 4.71. The van der Waals surface area contributed by atoms with Crippen molar-refractivity contribution in [1.29, 1.82) is 0 Å². The number of pyridine rings is 1. The number of hydrogen-bond acceptors (Lipinski definition) is 4. The molecule has 0 N–H and O–H groups in total. The van der Waals surface area contributed by atoms with Gasteiger partial charge in [-0.15, -0.1) is 0 Å². The molecular weight excluding hydrogens is 350 g/mol. The van der Waals surface area contributed by atoms with Gasteiger partial charge in [0, 0.05) is 16.8 Å². The van der Waals surface area contributed by atoms with Gasteiger partial charge in [-0.25, -0.2) is 9.78 Å². The maximum Gasteiger partial charge on any atom is 0.362 e. The van der Waals surface area contributed by atoms with Crippen LogP contribution in [0.3, 0.4) is 0 Å². The normalized spacial score (nSPS) is 10.7. The average molecular weight is 364 g/mol. The molecule has 0 aliphatic rings. The predicted molar refractivity (Wildman–Crippen MR) is 100 cm³/mol. The van der Waals surface area contributed by atoms with Gasteiger partial charge in [-0.05, 0) is 60.2 Å². The molecule has 0 atom stereocenters. The van der Waals surface area contributed by atoms with Gasteiger partial charge in [0.15, 0.2) is 5.78 Å². The molecule has 0 aliphatic carbocycles. The zero-order valence-corrected chi connectivity index (χ0v) is 14.4. The summed E-state index contributed by atoms with van der Waals surface area (Å²) in [4.78, 5) is 28.0. The summed E-state index contributed by atoms with van der Waals surface area (Å²) in [7, 11) is 0. The molecule has 0 amide bonds. The van der Waals surface area contributed by atoms with Gasteiger partial charge in [0.1, 0.15) is 11.4 Å². The number of carbonyl (C=O) groups excluding carboxylic acids is 2. The molecule has 1 aromatic heterocycles. The van der Waals surface area contributed by atoms with Gasteiger partial charge in [0.05, 0.1) is 0 Å². The lowest BCUT2D eigenvalue weighted by Crippen LogP contribution is -2.09. The van der Waals surface area contributed by atoms with Crippen molar-refractivity contribution < 1.29 is 14.3 Å². The Hall–Kier alpha value is -3.24. The molecule has 0 aliphatic heterocycles. The molecule has 0 unspecified atom stereocenters. The highest BCUT2D eigenvalue weighted by molar-refractivity contribution is 6.30. The maximum atomic E-state index is 12.1. The fourth-order valence-corrected chi connectivity index (χ4v) is 2.30. The summed E-state index contributed by atoms with van der Waals surface area (Å²) in [6.45, 7) is 0. The number of rotatable bonds is 5. The summed E-state index contributed by atoms with van der Waals surface area (Å²) in [5.74, 6) is -0.235. The molecule has 0 saturated heterocycles. The number of aromatic nitrogens is 1. The van der Waals surface area contributed by atoms with Crippen LogP contribution in [-0.2, 0) is 0 Å². The lowest BCUT2D eigenvalue weighted by molar-refractivity contribution is 0.0728. The summed E-state index contributed by atoms with van der Waals surface area (Å²) < 4.78 is 5.26. The number of benzene rings is 2. The Kier molecular flexibility index (Phi) is 5.56. The van der Waals surface area contributed by atoms with Gasteiger partial charge < -0.3 is 4.74 Å². The van der Waals surface area contributed by atoms with E-state index in [1.54, 1.807) is 72.8 Å². The smallest absolute Gasteiger partial charge is 0.362 e. The van der Waals surface area contributed by atoms with E-state index in [0.29, 0.717) is 16.3 Å². The first-order chi connectivity index (χ1) is 12.6. The van der Waals surface area contributed by atoms with Crippen molar-refractivity contribution in [3.63, 3.8) is 0 Å². The molecule has 5 heteroatoms. The van der Waals surface area contributed by atoms with E-state index in [4.69, 9.17) is 16.3 Å². The van der Waals surface area contributed by atoms with E-state index in [-0.39, 0.29) is 11.5 Å². The topological polar surface area (TPSA) is 56.3 Å². The minimum atomic E-state index is -0.521. The first-order valence-corrected chi connectivity index (χ1v) is 8.21. The minimum Gasteiger partial charge on any atom is -0.422 e. The Bertz CT molecular complexity index is 933. The van der Waals surface area contributed by atoms with Crippen molar-refractivity contribution in [2.75, 3.05) is 0 Å². The SMILES string of the molecule is O=C(C=Cc1ccc(OC(=O)c2ccccn2)cc1)c1ccc(Cl)cc1. The summed E-state index contributed by atoms with van der Waals surface area (Å²) >= 11 is 5.81. The molecule has 3 rings (SSSR count). The highest BCUT2D eigenvalue weighted by Crippen LogP contribution is 2.16. The molecule has 0 radical (unpaired) electrons. The van der Waals surface area contributed by atoms with Crippen molar-refractivity contribution in [2.45, 2.75) is 0 Å². The lowest BCUT2D eigenvalue weighted by atomic mass is 10.1. The van der Waals surface area contributed by atoms with Crippen molar-refractivity contribution in [3.8, 4) is 5.75 Å². The third-order valence-corrected chi connectivity index (χ3v) is 3.77. The van der Waals surface area contributed by atoms with Crippen molar-refractivity contribution in [1.82, 2.24) is 4.98 Å². The molecule has 128 valence electrons. The molecule has 4 nitrogen and oxygen atoms in total. The van der Waals surface area contributed by atoms with Crippen LogP contribution in [0.25, 0.3) is 6.08 Å². The van der Waals surface area contributed by atoms with Gasteiger partial charge in [0.25, 0.3) is 0 Å². The fraction of sp³-hybridized carbons (Fsp3) is 0. The summed E-state index contributed by atoms with van der Waals surface area (Å²) in [6, 6.07) is 18.6. The number of nitrogens with zero attached hydrogens (tertiary/aromatic N) is 1. The van der Waals surface area contributed by atoms with Crippen LogP contribution in [0.5, 0.6) is 5.75 Å². The quantitative estimate of drug-likeness (QED) is 0.281. The predicted octanol–water partition coefficient (Wildman–Crippen LogP) is 4.85. The summed E-state index contributed by atoms with van der Waals surface area (Å²) in [5, 5.41) is 0.585. The second-order valence-electron chi connectivity index (χ2n) is 5.38. The van der Waals surface area contributed by atoms with Crippen LogP contribution in [0.4, 0.5) is 0 Å². The van der Waals surface area contributed by atoms with Crippen LogP contribution >= 0.6 is 11.6 Å². The molecule has 0 spiro atoms. The first kappa shape index (κ1) is 17.6. The van der Waals surface area contributed by atoms with Crippen molar-refractivity contribution >= 4 is 29.4 Å². The van der Waals surface area contributed by atoms with E-state index in [0.717, 1.165) is 5.56 Å². The third kappa shape index (κ3) is 4.65.